The Morgan fingerprint density at radius 3 is 1.02 bits per heavy atom. The van der Waals surface area contributed by atoms with Crippen molar-refractivity contribution in [1.29, 1.82) is 0 Å². The minimum atomic E-state index is -4.99. The van der Waals surface area contributed by atoms with E-state index in [0.717, 1.165) is 167 Å². The third kappa shape index (κ3) is 64.2. The molecule has 0 aliphatic heterocycles. The van der Waals surface area contributed by atoms with Crippen molar-refractivity contribution in [2.24, 2.45) is 0 Å². The number of rotatable bonds is 64. The topological polar surface area (TPSA) is 237 Å². The first-order chi connectivity index (χ1) is 44.7. The maximum atomic E-state index is 13.0. The van der Waals surface area contributed by atoms with Gasteiger partial charge in [-0.3, -0.25) is 37.3 Å². The van der Waals surface area contributed by atoms with Crippen LogP contribution >= 0.6 is 15.6 Å². The fourth-order valence-corrected chi connectivity index (χ4v) is 10.2. The molecule has 5 unspecified atom stereocenters. The van der Waals surface area contributed by atoms with Crippen LogP contribution in [0.5, 0.6) is 0 Å². The Labute approximate surface area is 555 Å². The monoisotopic (exact) mass is 1330 g/mol. The predicted octanol–water partition coefficient (Wildman–Crippen LogP) is 19.2. The van der Waals surface area contributed by atoms with Gasteiger partial charge < -0.3 is 33.8 Å². The lowest BCUT2D eigenvalue weighted by atomic mass is 10.1. The van der Waals surface area contributed by atoms with Crippen LogP contribution in [0.3, 0.4) is 0 Å². The molecule has 0 bridgehead atoms. The average molecular weight is 1330 g/mol. The molecular weight excluding hydrogens is 1210 g/mol. The molecule has 0 saturated carbocycles. The summed E-state index contributed by atoms with van der Waals surface area (Å²) in [5, 5.41) is 10.6. The zero-order valence-electron chi connectivity index (χ0n) is 56.9. The SMILES string of the molecule is CC/C=C\C/C=C\C/C=C\C/C=C\C/C=C\CC(=O)OCC(COP(=O)(O)OCC(O)COP(=O)(O)OCC(COC(=O)CCCCCCC/C=C\C/C=C\CCC)OC(=O)CCCCCCC/C=C\C/C=C\CCC)OC(=O)CCCCCCC/C=C\CCCC. The lowest BCUT2D eigenvalue weighted by Crippen LogP contribution is -2.30. The number of hydrogen-bond acceptors (Lipinski definition) is 15. The van der Waals surface area contributed by atoms with Gasteiger partial charge in [0.25, 0.3) is 0 Å². The lowest BCUT2D eigenvalue weighted by Gasteiger charge is -2.21. The summed E-state index contributed by atoms with van der Waals surface area (Å²) >= 11 is 0. The number of phosphoric acid groups is 2. The number of phosphoric ester groups is 2. The van der Waals surface area contributed by atoms with Crippen molar-refractivity contribution in [2.45, 2.75) is 277 Å². The van der Waals surface area contributed by atoms with E-state index < -0.39 is 97.5 Å². The summed E-state index contributed by atoms with van der Waals surface area (Å²) in [6.07, 6.45) is 68.2. The molecule has 0 spiro atoms. The van der Waals surface area contributed by atoms with E-state index in [2.05, 4.69) is 125 Å². The zero-order valence-corrected chi connectivity index (χ0v) is 58.7. The van der Waals surface area contributed by atoms with E-state index in [0.29, 0.717) is 25.7 Å². The van der Waals surface area contributed by atoms with Gasteiger partial charge in [-0.25, -0.2) is 9.13 Å². The predicted molar refractivity (Wildman–Crippen MR) is 371 cm³/mol. The molecule has 526 valence electrons. The van der Waals surface area contributed by atoms with Crippen LogP contribution in [0, 0.1) is 0 Å². The van der Waals surface area contributed by atoms with E-state index in [1.807, 2.05) is 18.2 Å². The van der Waals surface area contributed by atoms with Crippen molar-refractivity contribution in [1.82, 2.24) is 0 Å². The van der Waals surface area contributed by atoms with Gasteiger partial charge in [-0.1, -0.05) is 233 Å². The molecule has 3 N–H and O–H groups in total. The number of esters is 4. The summed E-state index contributed by atoms with van der Waals surface area (Å²) < 4.78 is 68.0. The van der Waals surface area contributed by atoms with Gasteiger partial charge in [0.1, 0.15) is 19.3 Å². The van der Waals surface area contributed by atoms with Crippen molar-refractivity contribution in [3.05, 3.63) is 122 Å². The van der Waals surface area contributed by atoms with E-state index in [9.17, 15) is 43.2 Å². The number of aliphatic hydroxyl groups is 1. The molecule has 0 aliphatic carbocycles. The summed E-state index contributed by atoms with van der Waals surface area (Å²) in [6, 6.07) is 0. The highest BCUT2D eigenvalue weighted by atomic mass is 31.2. The van der Waals surface area contributed by atoms with Crippen LogP contribution in [-0.4, -0.2) is 96.7 Å². The molecule has 0 aromatic heterocycles. The van der Waals surface area contributed by atoms with Crippen LogP contribution in [-0.2, 0) is 65.4 Å². The lowest BCUT2D eigenvalue weighted by molar-refractivity contribution is -0.161. The molecule has 0 saturated heterocycles. The molecule has 92 heavy (non-hydrogen) atoms. The van der Waals surface area contributed by atoms with Gasteiger partial charge in [0.05, 0.1) is 32.8 Å². The molecule has 0 fully saturated rings. The fraction of sp³-hybridized carbons (Fsp3) is 0.671. The minimum absolute atomic E-state index is 0.0622. The van der Waals surface area contributed by atoms with Crippen molar-refractivity contribution in [2.75, 3.05) is 39.6 Å². The normalized spacial score (nSPS) is 14.8. The maximum Gasteiger partial charge on any atom is 0.472 e. The van der Waals surface area contributed by atoms with Crippen LogP contribution < -0.4 is 0 Å². The van der Waals surface area contributed by atoms with Crippen LogP contribution in [0.2, 0.25) is 0 Å². The van der Waals surface area contributed by atoms with Gasteiger partial charge in [-0.05, 0) is 122 Å². The van der Waals surface area contributed by atoms with E-state index in [4.69, 9.17) is 37.0 Å². The smallest absolute Gasteiger partial charge is 0.462 e. The average Bonchev–Trinajstić information content (AvgIpc) is 2.24. The third-order valence-corrected chi connectivity index (χ3v) is 15.8. The highest BCUT2D eigenvalue weighted by Crippen LogP contribution is 2.45. The molecule has 19 heteroatoms. The molecule has 0 amide bonds. The molecule has 0 aromatic rings. The molecule has 0 heterocycles. The zero-order chi connectivity index (χ0) is 67.5. The van der Waals surface area contributed by atoms with Crippen LogP contribution in [0.15, 0.2) is 122 Å². The minimum Gasteiger partial charge on any atom is -0.462 e. The second-order valence-electron chi connectivity index (χ2n) is 22.7. The number of allylic oxidation sites excluding steroid dienone is 19. The summed E-state index contributed by atoms with van der Waals surface area (Å²) in [6.45, 7) is 4.39. The maximum absolute atomic E-state index is 13.0. The van der Waals surface area contributed by atoms with Gasteiger partial charge in [0.15, 0.2) is 12.2 Å². The Balaban J connectivity index is 5.41. The number of carbonyl (C=O) groups is 4. The van der Waals surface area contributed by atoms with Crippen molar-refractivity contribution in [3.8, 4) is 0 Å². The third-order valence-electron chi connectivity index (χ3n) is 13.9. The molecule has 17 nitrogen and oxygen atoms in total. The number of ether oxygens (including phenoxy) is 4. The van der Waals surface area contributed by atoms with E-state index in [1.165, 1.54) is 12.8 Å². The Hall–Kier alpha value is -4.54. The van der Waals surface area contributed by atoms with Gasteiger partial charge in [0, 0.05) is 19.3 Å². The number of unbranched alkanes of at least 4 members (excludes halogenated alkanes) is 19. The molecule has 0 rings (SSSR count). The van der Waals surface area contributed by atoms with E-state index in [-0.39, 0.29) is 25.7 Å². The molecular formula is C73H122O17P2. The molecule has 0 aromatic carbocycles. The summed E-state index contributed by atoms with van der Waals surface area (Å²) in [5.41, 5.74) is 0. The van der Waals surface area contributed by atoms with Crippen LogP contribution in [0.25, 0.3) is 0 Å². The molecule has 0 radical (unpaired) electrons. The molecule has 0 aliphatic rings. The van der Waals surface area contributed by atoms with Gasteiger partial charge in [-0.2, -0.15) is 0 Å². The highest BCUT2D eigenvalue weighted by molar-refractivity contribution is 7.47. The highest BCUT2D eigenvalue weighted by Gasteiger charge is 2.30. The van der Waals surface area contributed by atoms with Crippen molar-refractivity contribution < 1.29 is 80.2 Å². The van der Waals surface area contributed by atoms with Gasteiger partial charge in [0.2, 0.25) is 0 Å². The quantitative estimate of drug-likeness (QED) is 0.0169. The summed E-state index contributed by atoms with van der Waals surface area (Å²) in [4.78, 5) is 72.4. The van der Waals surface area contributed by atoms with Crippen LogP contribution in [0.4, 0.5) is 0 Å². The largest absolute Gasteiger partial charge is 0.472 e. The first kappa shape index (κ1) is 87.5. The standard InChI is InChI=1S/C73H122O17P2/c1-5-9-13-17-21-25-29-32-33-36-39-42-46-50-54-58-71(76)84-63-68(89-72(77)59-55-51-47-43-37-28-24-20-16-12-8-4)65-87-91(79,80)85-61-67(74)62-86-92(81,82)88-66-69(90-73(78)60-56-52-48-44-40-35-31-27-23-19-15-11-7-3)64-83-70(75)57-53-49-45-41-38-34-30-26-22-18-14-10-6-2/h9,13-15,18-21,24-27,30-33,39,42,50,54,67-69,74H,5-8,10-12,16-17,22-23,28-29,34-38,40-41,43-49,51-53,55-66H2,1-4H3,(H,79,80)(H,81,82)/b13-9-,18-14-,19-15-,24-20-,25-21-,30-26-,31-27-,33-32-,42-39-,54-50-. The first-order valence-corrected chi connectivity index (χ1v) is 37.8. The Morgan fingerprint density at radius 2 is 0.630 bits per heavy atom. The molecule has 5 atom stereocenters. The van der Waals surface area contributed by atoms with Gasteiger partial charge >= 0.3 is 39.5 Å². The second-order valence-corrected chi connectivity index (χ2v) is 25.7. The first-order valence-electron chi connectivity index (χ1n) is 34.8. The van der Waals surface area contributed by atoms with Crippen LogP contribution in [0.1, 0.15) is 259 Å². The fourth-order valence-electron chi connectivity index (χ4n) is 8.58. The number of aliphatic hydroxyl groups excluding tert-OH is 1. The van der Waals surface area contributed by atoms with Crippen molar-refractivity contribution in [3.63, 3.8) is 0 Å². The summed E-state index contributed by atoms with van der Waals surface area (Å²) in [5.74, 6) is -2.37. The number of hydrogen-bond donors (Lipinski definition) is 3. The number of carbonyl (C=O) groups excluding carboxylic acids is 4. The Kier molecular flexibility index (Phi) is 61.9. The van der Waals surface area contributed by atoms with Gasteiger partial charge in [-0.15, -0.1) is 0 Å². The second kappa shape index (κ2) is 65.1. The van der Waals surface area contributed by atoms with Crippen molar-refractivity contribution >= 4 is 39.5 Å². The Morgan fingerprint density at radius 1 is 0.326 bits per heavy atom. The van der Waals surface area contributed by atoms with E-state index >= 15 is 0 Å². The van der Waals surface area contributed by atoms with E-state index in [1.54, 1.807) is 6.08 Å². The summed E-state index contributed by atoms with van der Waals surface area (Å²) in [7, 11) is -9.97. The Bertz CT molecular complexity index is 2230.